The number of rotatable bonds is 6. The second-order valence-electron chi connectivity index (χ2n) is 7.00. The number of carbonyl (C=O) groups is 2. The van der Waals surface area contributed by atoms with E-state index in [0.29, 0.717) is 12.3 Å². The van der Waals surface area contributed by atoms with Crippen molar-refractivity contribution < 1.29 is 14.7 Å². The highest BCUT2D eigenvalue weighted by Gasteiger charge is 2.42. The summed E-state index contributed by atoms with van der Waals surface area (Å²) >= 11 is 0. The molecular formula is C15H25NO3. The Morgan fingerprint density at radius 3 is 2.26 bits per heavy atom. The van der Waals surface area contributed by atoms with Gasteiger partial charge in [0.1, 0.15) is 0 Å². The van der Waals surface area contributed by atoms with Crippen LogP contribution in [0.3, 0.4) is 0 Å². The molecule has 4 heteroatoms. The van der Waals surface area contributed by atoms with E-state index >= 15 is 0 Å². The summed E-state index contributed by atoms with van der Waals surface area (Å²) in [4.78, 5) is 23.2. The molecule has 0 saturated heterocycles. The van der Waals surface area contributed by atoms with Crippen LogP contribution in [0.15, 0.2) is 0 Å². The van der Waals surface area contributed by atoms with Crippen LogP contribution in [-0.2, 0) is 9.59 Å². The van der Waals surface area contributed by atoms with Gasteiger partial charge in [0.2, 0.25) is 5.91 Å². The highest BCUT2D eigenvalue weighted by atomic mass is 16.4. The van der Waals surface area contributed by atoms with Crippen LogP contribution in [0.1, 0.15) is 65.2 Å². The molecular weight excluding hydrogens is 242 g/mol. The zero-order valence-corrected chi connectivity index (χ0v) is 12.0. The quantitative estimate of drug-likeness (QED) is 0.777. The maximum atomic E-state index is 12.2. The average Bonchev–Trinajstić information content (AvgIpc) is 3.01. The second kappa shape index (κ2) is 5.14. The fourth-order valence-electron chi connectivity index (χ4n) is 3.51. The Kier molecular flexibility index (Phi) is 3.88. The standard InChI is InChI=1S/C15H25NO3/c1-14(2,11-5-6-11)16-12(17)9-15(10-13(18)19)7-3-4-8-15/h11H,3-10H2,1-2H3,(H,16,17)(H,18,19). The molecule has 0 spiro atoms. The van der Waals surface area contributed by atoms with Gasteiger partial charge >= 0.3 is 5.97 Å². The second-order valence-corrected chi connectivity index (χ2v) is 7.00. The first-order valence-electron chi connectivity index (χ1n) is 7.36. The lowest BCUT2D eigenvalue weighted by Crippen LogP contribution is -2.46. The Bertz CT molecular complexity index is 366. The molecule has 0 aromatic rings. The van der Waals surface area contributed by atoms with Crippen LogP contribution >= 0.6 is 0 Å². The molecule has 2 aliphatic carbocycles. The number of carboxylic acid groups (broad SMARTS) is 1. The third kappa shape index (κ3) is 3.71. The molecule has 0 unspecified atom stereocenters. The van der Waals surface area contributed by atoms with Gasteiger partial charge in [-0.25, -0.2) is 0 Å². The van der Waals surface area contributed by atoms with Gasteiger partial charge < -0.3 is 10.4 Å². The molecule has 0 aliphatic heterocycles. The molecule has 2 aliphatic rings. The van der Waals surface area contributed by atoms with Crippen molar-refractivity contribution in [1.82, 2.24) is 5.32 Å². The minimum absolute atomic E-state index is 0.0278. The van der Waals surface area contributed by atoms with Gasteiger partial charge in [0.05, 0.1) is 6.42 Å². The third-order valence-electron chi connectivity index (χ3n) is 4.79. The average molecular weight is 267 g/mol. The van der Waals surface area contributed by atoms with Gasteiger partial charge in [-0.1, -0.05) is 12.8 Å². The predicted octanol–water partition coefficient (Wildman–Crippen LogP) is 2.72. The molecule has 0 aromatic carbocycles. The number of carbonyl (C=O) groups excluding carboxylic acids is 1. The van der Waals surface area contributed by atoms with Crippen LogP contribution in [0.2, 0.25) is 0 Å². The lowest BCUT2D eigenvalue weighted by atomic mass is 9.79. The summed E-state index contributed by atoms with van der Waals surface area (Å²) in [5, 5.41) is 12.2. The molecule has 2 saturated carbocycles. The molecule has 1 amide bonds. The van der Waals surface area contributed by atoms with Crippen LogP contribution in [0.4, 0.5) is 0 Å². The summed E-state index contributed by atoms with van der Waals surface area (Å²) in [5.41, 5.74) is -0.435. The van der Waals surface area contributed by atoms with E-state index in [0.717, 1.165) is 25.7 Å². The van der Waals surface area contributed by atoms with E-state index in [1.807, 2.05) is 0 Å². The highest BCUT2D eigenvalue weighted by molar-refractivity contribution is 5.79. The number of hydrogen-bond donors (Lipinski definition) is 2. The zero-order valence-electron chi connectivity index (χ0n) is 12.0. The van der Waals surface area contributed by atoms with Crippen molar-refractivity contribution in [2.75, 3.05) is 0 Å². The molecule has 0 bridgehead atoms. The minimum Gasteiger partial charge on any atom is -0.481 e. The van der Waals surface area contributed by atoms with E-state index in [4.69, 9.17) is 5.11 Å². The molecule has 19 heavy (non-hydrogen) atoms. The first kappa shape index (κ1) is 14.4. The van der Waals surface area contributed by atoms with E-state index < -0.39 is 5.97 Å². The van der Waals surface area contributed by atoms with Crippen molar-refractivity contribution in [2.45, 2.75) is 70.8 Å². The number of amides is 1. The fraction of sp³-hybridized carbons (Fsp3) is 0.867. The van der Waals surface area contributed by atoms with Crippen LogP contribution in [0.25, 0.3) is 0 Å². The number of hydrogen-bond acceptors (Lipinski definition) is 2. The van der Waals surface area contributed by atoms with Gasteiger partial charge in [-0.15, -0.1) is 0 Å². The zero-order chi connectivity index (χ0) is 14.1. The molecule has 2 rings (SSSR count). The Morgan fingerprint density at radius 2 is 1.79 bits per heavy atom. The third-order valence-corrected chi connectivity index (χ3v) is 4.79. The maximum absolute atomic E-state index is 12.2. The number of aliphatic carboxylic acids is 1. The fourth-order valence-corrected chi connectivity index (χ4v) is 3.51. The predicted molar refractivity (Wildman–Crippen MR) is 72.7 cm³/mol. The van der Waals surface area contributed by atoms with Crippen molar-refractivity contribution in [2.24, 2.45) is 11.3 Å². The lowest BCUT2D eigenvalue weighted by Gasteiger charge is -2.31. The largest absolute Gasteiger partial charge is 0.481 e. The van der Waals surface area contributed by atoms with Gasteiger partial charge in [-0.3, -0.25) is 9.59 Å². The van der Waals surface area contributed by atoms with Gasteiger partial charge in [-0.2, -0.15) is 0 Å². The summed E-state index contributed by atoms with van der Waals surface area (Å²) in [6.45, 7) is 4.14. The minimum atomic E-state index is -0.781. The SMILES string of the molecule is CC(C)(NC(=O)CC1(CC(=O)O)CCCC1)C1CC1. The molecule has 2 fully saturated rings. The van der Waals surface area contributed by atoms with Gasteiger partial charge in [0, 0.05) is 12.0 Å². The summed E-state index contributed by atoms with van der Waals surface area (Å²) < 4.78 is 0. The Labute approximate surface area is 115 Å². The Hall–Kier alpha value is -1.06. The summed E-state index contributed by atoms with van der Waals surface area (Å²) in [6.07, 6.45) is 6.72. The van der Waals surface area contributed by atoms with Gasteiger partial charge in [0.25, 0.3) is 0 Å². The molecule has 0 atom stereocenters. The molecule has 0 radical (unpaired) electrons. The first-order chi connectivity index (χ1) is 8.83. The summed E-state index contributed by atoms with van der Waals surface area (Å²) in [5.74, 6) is -0.161. The number of carboxylic acids is 1. The van der Waals surface area contributed by atoms with Gasteiger partial charge in [-0.05, 0) is 50.9 Å². The van der Waals surface area contributed by atoms with Crippen molar-refractivity contribution in [1.29, 1.82) is 0 Å². The smallest absolute Gasteiger partial charge is 0.303 e. The lowest BCUT2D eigenvalue weighted by molar-refractivity contribution is -0.140. The van der Waals surface area contributed by atoms with E-state index in [1.54, 1.807) is 0 Å². The molecule has 4 nitrogen and oxygen atoms in total. The van der Waals surface area contributed by atoms with Crippen LogP contribution in [0.5, 0.6) is 0 Å². The Balaban J connectivity index is 1.93. The van der Waals surface area contributed by atoms with Gasteiger partial charge in [0.15, 0.2) is 0 Å². The van der Waals surface area contributed by atoms with E-state index in [1.165, 1.54) is 12.8 Å². The monoisotopic (exact) mass is 267 g/mol. The topological polar surface area (TPSA) is 66.4 Å². The van der Waals surface area contributed by atoms with Crippen molar-refractivity contribution in [3.05, 3.63) is 0 Å². The molecule has 0 heterocycles. The van der Waals surface area contributed by atoms with Crippen LogP contribution in [-0.4, -0.2) is 22.5 Å². The highest BCUT2D eigenvalue weighted by Crippen LogP contribution is 2.44. The first-order valence-corrected chi connectivity index (χ1v) is 7.36. The van der Waals surface area contributed by atoms with Crippen molar-refractivity contribution in [3.63, 3.8) is 0 Å². The molecule has 0 aromatic heterocycles. The molecule has 2 N–H and O–H groups in total. The molecule has 108 valence electrons. The van der Waals surface area contributed by atoms with Crippen molar-refractivity contribution in [3.8, 4) is 0 Å². The summed E-state index contributed by atoms with van der Waals surface area (Å²) in [7, 11) is 0. The van der Waals surface area contributed by atoms with Crippen LogP contribution in [0, 0.1) is 11.3 Å². The summed E-state index contributed by atoms with van der Waals surface area (Å²) in [6, 6.07) is 0. The Morgan fingerprint density at radius 1 is 1.21 bits per heavy atom. The van der Waals surface area contributed by atoms with Crippen molar-refractivity contribution >= 4 is 11.9 Å². The van der Waals surface area contributed by atoms with Crippen LogP contribution < -0.4 is 5.32 Å². The van der Waals surface area contributed by atoms with E-state index in [9.17, 15) is 9.59 Å². The number of nitrogens with one attached hydrogen (secondary N) is 1. The normalized spacial score (nSPS) is 22.2. The maximum Gasteiger partial charge on any atom is 0.303 e. The van der Waals surface area contributed by atoms with E-state index in [-0.39, 0.29) is 23.3 Å². The van der Waals surface area contributed by atoms with E-state index in [2.05, 4.69) is 19.2 Å².